The van der Waals surface area contributed by atoms with E-state index in [2.05, 4.69) is 12.6 Å². The van der Waals surface area contributed by atoms with Crippen molar-refractivity contribution in [1.29, 1.82) is 0 Å². The zero-order valence-corrected chi connectivity index (χ0v) is 7.14. The molecular formula is C7H6FNO2S. The molecule has 64 valence electrons. The summed E-state index contributed by atoms with van der Waals surface area (Å²) in [5.41, 5.74) is 0.143. The second kappa shape index (κ2) is 3.10. The number of benzene rings is 1. The van der Waals surface area contributed by atoms with Gasteiger partial charge in [0.15, 0.2) is 0 Å². The van der Waals surface area contributed by atoms with Crippen LogP contribution in [0.5, 0.6) is 0 Å². The molecule has 0 unspecified atom stereocenters. The predicted octanol–water partition coefficient (Wildman–Crippen LogP) is 2.33. The number of halogens is 1. The first-order valence-electron chi connectivity index (χ1n) is 3.16. The summed E-state index contributed by atoms with van der Waals surface area (Å²) in [7, 11) is 0. The van der Waals surface area contributed by atoms with E-state index in [9.17, 15) is 14.5 Å². The molecule has 0 aromatic heterocycles. The van der Waals surface area contributed by atoms with Crippen molar-refractivity contribution in [2.24, 2.45) is 0 Å². The van der Waals surface area contributed by atoms with Gasteiger partial charge in [-0.1, -0.05) is 0 Å². The van der Waals surface area contributed by atoms with Crippen LogP contribution in [0.2, 0.25) is 0 Å². The Hall–Kier alpha value is -1.10. The number of nitro groups is 1. The summed E-state index contributed by atoms with van der Waals surface area (Å²) in [5, 5.41) is 10.3. The highest BCUT2D eigenvalue weighted by Gasteiger charge is 2.14. The third-order valence-electron chi connectivity index (χ3n) is 1.55. The third kappa shape index (κ3) is 1.40. The van der Waals surface area contributed by atoms with Crippen LogP contribution in [0.25, 0.3) is 0 Å². The maximum atomic E-state index is 12.7. The summed E-state index contributed by atoms with van der Waals surface area (Å²) in [6.45, 7) is 1.46. The van der Waals surface area contributed by atoms with Gasteiger partial charge in [-0.2, -0.15) is 0 Å². The number of nitro benzene ring substituents is 1. The zero-order valence-electron chi connectivity index (χ0n) is 6.24. The van der Waals surface area contributed by atoms with E-state index in [1.54, 1.807) is 0 Å². The van der Waals surface area contributed by atoms with Crippen LogP contribution < -0.4 is 0 Å². The lowest BCUT2D eigenvalue weighted by atomic mass is 10.2. The van der Waals surface area contributed by atoms with Crippen LogP contribution in [0.15, 0.2) is 17.0 Å². The van der Waals surface area contributed by atoms with E-state index in [0.717, 1.165) is 12.1 Å². The Bertz CT molecular complexity index is 340. The van der Waals surface area contributed by atoms with Gasteiger partial charge in [0.2, 0.25) is 0 Å². The van der Waals surface area contributed by atoms with Gasteiger partial charge in [0, 0.05) is 16.5 Å². The van der Waals surface area contributed by atoms with Crippen molar-refractivity contribution >= 4 is 18.3 Å². The van der Waals surface area contributed by atoms with Crippen molar-refractivity contribution in [1.82, 2.24) is 0 Å². The lowest BCUT2D eigenvalue weighted by molar-refractivity contribution is -0.385. The van der Waals surface area contributed by atoms with Crippen LogP contribution in [-0.4, -0.2) is 4.92 Å². The van der Waals surface area contributed by atoms with Gasteiger partial charge in [-0.05, 0) is 13.0 Å². The molecule has 0 heterocycles. The van der Waals surface area contributed by atoms with Gasteiger partial charge in [0.1, 0.15) is 5.82 Å². The van der Waals surface area contributed by atoms with E-state index >= 15 is 0 Å². The van der Waals surface area contributed by atoms with Crippen LogP contribution in [-0.2, 0) is 0 Å². The molecule has 0 saturated carbocycles. The normalized spacial score (nSPS) is 9.92. The summed E-state index contributed by atoms with van der Waals surface area (Å²) in [5.74, 6) is -0.540. The molecule has 0 radical (unpaired) electrons. The molecule has 1 rings (SSSR count). The maximum Gasteiger partial charge on any atom is 0.273 e. The van der Waals surface area contributed by atoms with Gasteiger partial charge in [0.25, 0.3) is 5.69 Å². The van der Waals surface area contributed by atoms with Gasteiger partial charge >= 0.3 is 0 Å². The summed E-state index contributed by atoms with van der Waals surface area (Å²) >= 11 is 3.80. The number of thiol groups is 1. The second-order valence-electron chi connectivity index (χ2n) is 2.30. The minimum atomic E-state index is -0.561. The largest absolute Gasteiger partial charge is 0.273 e. The molecule has 0 aliphatic carbocycles. The SMILES string of the molecule is Cc1c([N+](=O)[O-])ccc(F)c1S. The Morgan fingerprint density at radius 2 is 2.17 bits per heavy atom. The molecule has 0 fully saturated rings. The summed E-state index contributed by atoms with van der Waals surface area (Å²) in [4.78, 5) is 9.81. The van der Waals surface area contributed by atoms with Crippen LogP contribution in [0.1, 0.15) is 5.56 Å². The number of hydrogen-bond donors (Lipinski definition) is 1. The minimum Gasteiger partial charge on any atom is -0.258 e. The molecule has 0 aliphatic heterocycles. The molecule has 1 aromatic carbocycles. The zero-order chi connectivity index (χ0) is 9.30. The topological polar surface area (TPSA) is 43.1 Å². The highest BCUT2D eigenvalue weighted by atomic mass is 32.1. The van der Waals surface area contributed by atoms with Gasteiger partial charge in [-0.15, -0.1) is 12.6 Å². The smallest absolute Gasteiger partial charge is 0.258 e. The molecule has 5 heteroatoms. The second-order valence-corrected chi connectivity index (χ2v) is 2.74. The van der Waals surface area contributed by atoms with Crippen molar-refractivity contribution < 1.29 is 9.31 Å². The first kappa shape index (κ1) is 8.99. The Morgan fingerprint density at radius 3 is 2.67 bits per heavy atom. The van der Waals surface area contributed by atoms with Gasteiger partial charge < -0.3 is 0 Å². The monoisotopic (exact) mass is 187 g/mol. The van der Waals surface area contributed by atoms with Crippen LogP contribution >= 0.6 is 12.6 Å². The first-order valence-corrected chi connectivity index (χ1v) is 3.61. The molecule has 0 amide bonds. The van der Waals surface area contributed by atoms with Gasteiger partial charge in [-0.3, -0.25) is 10.1 Å². The van der Waals surface area contributed by atoms with Crippen LogP contribution in [0.3, 0.4) is 0 Å². The van der Waals surface area contributed by atoms with Crippen molar-refractivity contribution in [2.75, 3.05) is 0 Å². The summed E-state index contributed by atoms with van der Waals surface area (Å²) in [6.07, 6.45) is 0. The molecular weight excluding hydrogens is 181 g/mol. The number of rotatable bonds is 1. The van der Waals surface area contributed by atoms with Crippen LogP contribution in [0, 0.1) is 22.9 Å². The van der Waals surface area contributed by atoms with E-state index in [0.29, 0.717) is 0 Å². The molecule has 3 nitrogen and oxygen atoms in total. The standard InChI is InChI=1S/C7H6FNO2S/c1-4-6(9(10)11)3-2-5(8)7(4)12/h2-3,12H,1H3. The van der Waals surface area contributed by atoms with E-state index in [1.165, 1.54) is 6.92 Å². The Kier molecular flexibility index (Phi) is 2.32. The number of hydrogen-bond acceptors (Lipinski definition) is 3. The van der Waals surface area contributed by atoms with E-state index in [4.69, 9.17) is 0 Å². The average Bonchev–Trinajstić information content (AvgIpc) is 2.00. The van der Waals surface area contributed by atoms with Crippen molar-refractivity contribution in [3.63, 3.8) is 0 Å². The third-order valence-corrected chi connectivity index (χ3v) is 2.10. The van der Waals surface area contributed by atoms with Crippen molar-refractivity contribution in [3.8, 4) is 0 Å². The quantitative estimate of drug-likeness (QED) is 0.416. The average molecular weight is 187 g/mol. The van der Waals surface area contributed by atoms with E-state index in [-0.39, 0.29) is 16.1 Å². The summed E-state index contributed by atoms with van der Waals surface area (Å²) in [6, 6.07) is 2.16. The van der Waals surface area contributed by atoms with Crippen molar-refractivity contribution in [3.05, 3.63) is 33.6 Å². The fourth-order valence-corrected chi connectivity index (χ4v) is 1.04. The lowest BCUT2D eigenvalue weighted by Crippen LogP contribution is -1.93. The Morgan fingerprint density at radius 1 is 1.58 bits per heavy atom. The van der Waals surface area contributed by atoms with Gasteiger partial charge in [-0.25, -0.2) is 4.39 Å². The van der Waals surface area contributed by atoms with E-state index < -0.39 is 10.7 Å². The molecule has 12 heavy (non-hydrogen) atoms. The summed E-state index contributed by atoms with van der Waals surface area (Å²) < 4.78 is 12.7. The fourth-order valence-electron chi connectivity index (χ4n) is 0.854. The molecule has 1 aromatic rings. The Balaban J connectivity index is 3.36. The van der Waals surface area contributed by atoms with Gasteiger partial charge in [0.05, 0.1) is 4.92 Å². The first-order chi connectivity index (χ1) is 5.54. The highest BCUT2D eigenvalue weighted by Crippen LogP contribution is 2.25. The molecule has 0 bridgehead atoms. The molecule has 0 spiro atoms. The fraction of sp³-hybridized carbons (Fsp3) is 0.143. The number of nitrogens with zero attached hydrogens (tertiary/aromatic N) is 1. The maximum absolute atomic E-state index is 12.7. The van der Waals surface area contributed by atoms with Crippen molar-refractivity contribution in [2.45, 2.75) is 11.8 Å². The predicted molar refractivity (Wildman–Crippen MR) is 45.0 cm³/mol. The highest BCUT2D eigenvalue weighted by molar-refractivity contribution is 7.80. The lowest BCUT2D eigenvalue weighted by Gasteiger charge is -2.00. The minimum absolute atomic E-state index is 0.0317. The Labute approximate surface area is 73.8 Å². The molecule has 0 N–H and O–H groups in total. The van der Waals surface area contributed by atoms with E-state index in [1.807, 2.05) is 0 Å². The van der Waals surface area contributed by atoms with Crippen LogP contribution in [0.4, 0.5) is 10.1 Å². The molecule has 0 atom stereocenters. The molecule has 0 aliphatic rings. The molecule has 0 saturated heterocycles.